The van der Waals surface area contributed by atoms with Gasteiger partial charge < -0.3 is 15.4 Å². The molecule has 148 valence electrons. The molecule has 0 unspecified atom stereocenters. The molecule has 0 spiro atoms. The summed E-state index contributed by atoms with van der Waals surface area (Å²) in [5.74, 6) is 1.17. The molecule has 0 aliphatic heterocycles. The van der Waals surface area contributed by atoms with Crippen molar-refractivity contribution >= 4 is 17.3 Å². The number of nitrogens with zero attached hydrogens (tertiary/aromatic N) is 2. The van der Waals surface area contributed by atoms with Crippen LogP contribution in [0.5, 0.6) is 11.5 Å². The lowest BCUT2D eigenvalue weighted by molar-refractivity contribution is 0.102. The van der Waals surface area contributed by atoms with Crippen molar-refractivity contribution < 1.29 is 9.53 Å². The van der Waals surface area contributed by atoms with E-state index in [1.54, 1.807) is 42.7 Å². The Balaban J connectivity index is 1.36. The number of carbonyl (C=O) groups is 1. The van der Waals surface area contributed by atoms with Crippen LogP contribution in [0.4, 0.5) is 11.4 Å². The van der Waals surface area contributed by atoms with Crippen molar-refractivity contribution in [3.05, 3.63) is 109 Å². The first-order chi connectivity index (χ1) is 14.8. The molecule has 1 amide bonds. The van der Waals surface area contributed by atoms with E-state index >= 15 is 0 Å². The minimum absolute atomic E-state index is 0.284. The second kappa shape index (κ2) is 9.34. The molecular weight excluding hydrogens is 376 g/mol. The third-order valence-corrected chi connectivity index (χ3v) is 4.28. The lowest BCUT2D eigenvalue weighted by Gasteiger charge is -2.09. The number of anilines is 2. The minimum atomic E-state index is -0.284. The summed E-state index contributed by atoms with van der Waals surface area (Å²) in [7, 11) is 0. The molecule has 6 nitrogen and oxygen atoms in total. The summed E-state index contributed by atoms with van der Waals surface area (Å²) in [6, 6.07) is 26.0. The molecule has 2 heterocycles. The smallest absolute Gasteiger partial charge is 0.274 e. The molecule has 0 saturated heterocycles. The van der Waals surface area contributed by atoms with Crippen molar-refractivity contribution in [3.63, 3.8) is 0 Å². The van der Waals surface area contributed by atoms with Gasteiger partial charge in [0, 0.05) is 23.8 Å². The number of aromatic nitrogens is 2. The normalized spacial score (nSPS) is 10.3. The Bertz CT molecular complexity index is 1100. The third-order valence-electron chi connectivity index (χ3n) is 4.28. The van der Waals surface area contributed by atoms with E-state index in [1.165, 1.54) is 0 Å². The number of ether oxygens (including phenoxy) is 1. The standard InChI is InChI=1S/C24H20N4O2/c29-24(23-16-19(13-15-26-23)27-17-20-6-4-5-14-25-20)28-18-9-11-22(12-10-18)30-21-7-2-1-3-8-21/h1-16H,17H2,(H,26,27)(H,28,29). The zero-order chi connectivity index (χ0) is 20.6. The van der Waals surface area contributed by atoms with Crippen LogP contribution in [0.2, 0.25) is 0 Å². The molecule has 6 heteroatoms. The molecule has 2 N–H and O–H groups in total. The van der Waals surface area contributed by atoms with Gasteiger partial charge in [-0.2, -0.15) is 0 Å². The number of amides is 1. The number of para-hydroxylation sites is 1. The van der Waals surface area contributed by atoms with Gasteiger partial charge >= 0.3 is 0 Å². The van der Waals surface area contributed by atoms with Gasteiger partial charge in [0.25, 0.3) is 5.91 Å². The van der Waals surface area contributed by atoms with Crippen LogP contribution in [0.1, 0.15) is 16.2 Å². The summed E-state index contributed by atoms with van der Waals surface area (Å²) in [5, 5.41) is 6.10. The largest absolute Gasteiger partial charge is 0.457 e. The highest BCUT2D eigenvalue weighted by molar-refractivity contribution is 6.03. The van der Waals surface area contributed by atoms with Gasteiger partial charge in [-0.25, -0.2) is 0 Å². The summed E-state index contributed by atoms with van der Waals surface area (Å²) in [6.07, 6.45) is 3.35. The minimum Gasteiger partial charge on any atom is -0.457 e. The molecule has 0 fully saturated rings. The van der Waals surface area contributed by atoms with Gasteiger partial charge in [0.15, 0.2) is 0 Å². The summed E-state index contributed by atoms with van der Waals surface area (Å²) in [5.41, 5.74) is 2.70. The highest BCUT2D eigenvalue weighted by Crippen LogP contribution is 2.23. The molecule has 4 rings (SSSR count). The van der Waals surface area contributed by atoms with Crippen molar-refractivity contribution in [3.8, 4) is 11.5 Å². The Labute approximate surface area is 174 Å². The van der Waals surface area contributed by atoms with Gasteiger partial charge in [-0.15, -0.1) is 0 Å². The van der Waals surface area contributed by atoms with Gasteiger partial charge in [0.2, 0.25) is 0 Å². The summed E-state index contributed by atoms with van der Waals surface area (Å²) >= 11 is 0. The number of benzene rings is 2. The number of pyridine rings is 2. The topological polar surface area (TPSA) is 76.1 Å². The number of hydrogen-bond donors (Lipinski definition) is 2. The SMILES string of the molecule is O=C(Nc1ccc(Oc2ccccc2)cc1)c1cc(NCc2ccccn2)ccn1. The maximum Gasteiger partial charge on any atom is 0.274 e. The van der Waals surface area contributed by atoms with E-state index < -0.39 is 0 Å². The zero-order valence-electron chi connectivity index (χ0n) is 16.2. The van der Waals surface area contributed by atoms with Gasteiger partial charge in [0.1, 0.15) is 17.2 Å². The van der Waals surface area contributed by atoms with E-state index in [0.29, 0.717) is 23.7 Å². The predicted molar refractivity (Wildman–Crippen MR) is 117 cm³/mol. The lowest BCUT2D eigenvalue weighted by atomic mass is 10.2. The van der Waals surface area contributed by atoms with Crippen LogP contribution in [0.15, 0.2) is 97.3 Å². The lowest BCUT2D eigenvalue weighted by Crippen LogP contribution is -2.14. The highest BCUT2D eigenvalue weighted by atomic mass is 16.5. The molecule has 0 atom stereocenters. The summed E-state index contributed by atoms with van der Waals surface area (Å²) < 4.78 is 5.76. The first kappa shape index (κ1) is 19.1. The van der Waals surface area contributed by atoms with E-state index in [1.807, 2.05) is 54.6 Å². The zero-order valence-corrected chi connectivity index (χ0v) is 16.2. The second-order valence-electron chi connectivity index (χ2n) is 6.50. The van der Waals surface area contributed by atoms with Crippen molar-refractivity contribution in [1.29, 1.82) is 0 Å². The van der Waals surface area contributed by atoms with Crippen molar-refractivity contribution in [1.82, 2.24) is 9.97 Å². The summed E-state index contributed by atoms with van der Waals surface area (Å²) in [4.78, 5) is 21.0. The molecule has 2 aromatic heterocycles. The maximum atomic E-state index is 12.6. The van der Waals surface area contributed by atoms with Gasteiger partial charge in [-0.3, -0.25) is 14.8 Å². The first-order valence-corrected chi connectivity index (χ1v) is 9.50. The number of hydrogen-bond acceptors (Lipinski definition) is 5. The Kier molecular flexibility index (Phi) is 5.96. The fourth-order valence-corrected chi connectivity index (χ4v) is 2.79. The van der Waals surface area contributed by atoms with Crippen molar-refractivity contribution in [2.24, 2.45) is 0 Å². The van der Waals surface area contributed by atoms with Gasteiger partial charge in [0.05, 0.1) is 12.2 Å². The fourth-order valence-electron chi connectivity index (χ4n) is 2.79. The average molecular weight is 396 g/mol. The number of nitrogens with one attached hydrogen (secondary N) is 2. The van der Waals surface area contributed by atoms with Crippen LogP contribution < -0.4 is 15.4 Å². The maximum absolute atomic E-state index is 12.6. The fraction of sp³-hybridized carbons (Fsp3) is 0.0417. The molecule has 0 aliphatic carbocycles. The molecule has 4 aromatic rings. The van der Waals surface area contributed by atoms with Crippen LogP contribution in [0.3, 0.4) is 0 Å². The van der Waals surface area contributed by atoms with E-state index in [4.69, 9.17) is 4.74 Å². The van der Waals surface area contributed by atoms with Crippen LogP contribution >= 0.6 is 0 Å². The van der Waals surface area contributed by atoms with E-state index in [-0.39, 0.29) is 5.91 Å². The quantitative estimate of drug-likeness (QED) is 0.453. The Morgan fingerprint density at radius 2 is 1.53 bits per heavy atom. The van der Waals surface area contributed by atoms with E-state index in [0.717, 1.165) is 17.1 Å². The second-order valence-corrected chi connectivity index (χ2v) is 6.50. The summed E-state index contributed by atoms with van der Waals surface area (Å²) in [6.45, 7) is 0.564. The van der Waals surface area contributed by atoms with Gasteiger partial charge in [-0.1, -0.05) is 24.3 Å². The third kappa shape index (κ3) is 5.20. The first-order valence-electron chi connectivity index (χ1n) is 9.50. The van der Waals surface area contributed by atoms with E-state index in [2.05, 4.69) is 20.6 Å². The molecule has 2 aromatic carbocycles. The van der Waals surface area contributed by atoms with Crippen molar-refractivity contribution in [2.75, 3.05) is 10.6 Å². The van der Waals surface area contributed by atoms with Crippen LogP contribution in [0, 0.1) is 0 Å². The Morgan fingerprint density at radius 3 is 2.30 bits per heavy atom. The molecule has 30 heavy (non-hydrogen) atoms. The highest BCUT2D eigenvalue weighted by Gasteiger charge is 2.09. The molecular formula is C24H20N4O2. The van der Waals surface area contributed by atoms with Gasteiger partial charge in [-0.05, 0) is 60.7 Å². The van der Waals surface area contributed by atoms with Crippen LogP contribution in [-0.2, 0) is 6.54 Å². The van der Waals surface area contributed by atoms with Crippen LogP contribution in [0.25, 0.3) is 0 Å². The predicted octanol–water partition coefficient (Wildman–Crippen LogP) is 5.13. The number of carbonyl (C=O) groups excluding carboxylic acids is 1. The molecule has 0 bridgehead atoms. The number of rotatable bonds is 7. The van der Waals surface area contributed by atoms with E-state index in [9.17, 15) is 4.79 Å². The monoisotopic (exact) mass is 396 g/mol. The molecule has 0 saturated carbocycles. The Morgan fingerprint density at radius 1 is 0.767 bits per heavy atom. The average Bonchev–Trinajstić information content (AvgIpc) is 2.80. The van der Waals surface area contributed by atoms with Crippen molar-refractivity contribution in [2.45, 2.75) is 6.54 Å². The van der Waals surface area contributed by atoms with Crippen LogP contribution in [-0.4, -0.2) is 15.9 Å². The Hall–Kier alpha value is -4.19. The molecule has 0 radical (unpaired) electrons. The molecule has 0 aliphatic rings.